The molecule has 0 saturated carbocycles. The third-order valence-corrected chi connectivity index (χ3v) is 4.78. The maximum absolute atomic E-state index is 12.9. The molecule has 1 amide bonds. The highest BCUT2D eigenvalue weighted by molar-refractivity contribution is 5.91. The van der Waals surface area contributed by atoms with Gasteiger partial charge in [-0.1, -0.05) is 18.2 Å². The van der Waals surface area contributed by atoms with Gasteiger partial charge >= 0.3 is 0 Å². The fourth-order valence-electron chi connectivity index (χ4n) is 3.00. The number of hydrogen-bond acceptors (Lipinski definition) is 4. The predicted molar refractivity (Wildman–Crippen MR) is 118 cm³/mol. The molecule has 0 radical (unpaired) electrons. The lowest BCUT2D eigenvalue weighted by atomic mass is 10.1. The van der Waals surface area contributed by atoms with Gasteiger partial charge in [0.05, 0.1) is 14.2 Å². The summed E-state index contributed by atoms with van der Waals surface area (Å²) in [5, 5.41) is 3.42. The predicted octanol–water partition coefficient (Wildman–Crippen LogP) is 3.93. The topological polar surface area (TPSA) is 50.8 Å². The molecule has 0 aromatic heterocycles. The zero-order valence-corrected chi connectivity index (χ0v) is 18.0. The molecule has 0 bridgehead atoms. The van der Waals surface area contributed by atoms with Gasteiger partial charge < -0.3 is 19.7 Å². The van der Waals surface area contributed by atoms with Crippen LogP contribution in [0.4, 0.5) is 4.39 Å². The summed E-state index contributed by atoms with van der Waals surface area (Å²) >= 11 is 0. The number of aryl methyl sites for hydroxylation is 1. The summed E-state index contributed by atoms with van der Waals surface area (Å²) < 4.78 is 23.5. The molecule has 0 atom stereocenters. The third kappa shape index (κ3) is 7.87. The molecule has 0 unspecified atom stereocenters. The van der Waals surface area contributed by atoms with Crippen molar-refractivity contribution in [3.05, 3.63) is 65.5 Å². The SMILES string of the molecule is COc1ccc(CCCNCCCN(C)C(=O)/C=C/c2ccc(F)cc2)cc1OC. The lowest BCUT2D eigenvalue weighted by Gasteiger charge is -2.15. The Kier molecular flexibility index (Phi) is 9.87. The van der Waals surface area contributed by atoms with E-state index in [4.69, 9.17) is 9.47 Å². The Labute approximate surface area is 178 Å². The molecule has 30 heavy (non-hydrogen) atoms. The van der Waals surface area contributed by atoms with E-state index in [0.717, 1.165) is 49.4 Å². The molecule has 0 spiro atoms. The van der Waals surface area contributed by atoms with Crippen molar-refractivity contribution in [2.24, 2.45) is 0 Å². The minimum Gasteiger partial charge on any atom is -0.493 e. The highest BCUT2D eigenvalue weighted by Gasteiger charge is 2.05. The fourth-order valence-corrected chi connectivity index (χ4v) is 3.00. The summed E-state index contributed by atoms with van der Waals surface area (Å²) in [6.45, 7) is 2.44. The Hall–Kier alpha value is -2.86. The van der Waals surface area contributed by atoms with Gasteiger partial charge in [-0.15, -0.1) is 0 Å². The second kappa shape index (κ2) is 12.6. The maximum atomic E-state index is 12.9. The second-order valence-corrected chi connectivity index (χ2v) is 7.04. The molecule has 0 heterocycles. The zero-order valence-electron chi connectivity index (χ0n) is 18.0. The Morgan fingerprint density at radius 3 is 2.43 bits per heavy atom. The summed E-state index contributed by atoms with van der Waals surface area (Å²) in [7, 11) is 5.06. The number of halogens is 1. The average Bonchev–Trinajstić information content (AvgIpc) is 2.77. The van der Waals surface area contributed by atoms with E-state index >= 15 is 0 Å². The molecule has 0 aliphatic heterocycles. The number of benzene rings is 2. The molecule has 0 fully saturated rings. The number of amides is 1. The average molecular weight is 415 g/mol. The van der Waals surface area contributed by atoms with E-state index < -0.39 is 0 Å². The van der Waals surface area contributed by atoms with Gasteiger partial charge in [0.1, 0.15) is 5.82 Å². The van der Waals surface area contributed by atoms with Crippen molar-refractivity contribution in [3.63, 3.8) is 0 Å². The van der Waals surface area contributed by atoms with E-state index in [0.29, 0.717) is 6.54 Å². The van der Waals surface area contributed by atoms with Crippen molar-refractivity contribution in [1.82, 2.24) is 10.2 Å². The minimum absolute atomic E-state index is 0.0622. The van der Waals surface area contributed by atoms with E-state index in [1.165, 1.54) is 23.8 Å². The van der Waals surface area contributed by atoms with Crippen LogP contribution in [0.25, 0.3) is 6.08 Å². The summed E-state index contributed by atoms with van der Waals surface area (Å²) in [5.41, 5.74) is 2.02. The van der Waals surface area contributed by atoms with Gasteiger partial charge in [0.2, 0.25) is 5.91 Å². The number of likely N-dealkylation sites (N-methyl/N-ethyl adjacent to an activating group) is 1. The summed E-state index contributed by atoms with van der Waals surface area (Å²) in [6.07, 6.45) is 6.07. The van der Waals surface area contributed by atoms with Crippen molar-refractivity contribution >= 4 is 12.0 Å². The molecule has 6 heteroatoms. The smallest absolute Gasteiger partial charge is 0.246 e. The van der Waals surface area contributed by atoms with Crippen LogP contribution in [-0.2, 0) is 11.2 Å². The van der Waals surface area contributed by atoms with E-state index in [-0.39, 0.29) is 11.7 Å². The molecule has 0 aliphatic rings. The van der Waals surface area contributed by atoms with E-state index in [9.17, 15) is 9.18 Å². The number of methoxy groups -OCH3 is 2. The fraction of sp³-hybridized carbons (Fsp3) is 0.375. The molecule has 0 saturated heterocycles. The molecular weight excluding hydrogens is 383 g/mol. The zero-order chi connectivity index (χ0) is 21.8. The largest absolute Gasteiger partial charge is 0.493 e. The lowest BCUT2D eigenvalue weighted by molar-refractivity contribution is -0.124. The van der Waals surface area contributed by atoms with Gasteiger partial charge in [0.25, 0.3) is 0 Å². The monoisotopic (exact) mass is 414 g/mol. The Bertz CT molecular complexity index is 822. The number of ether oxygens (including phenoxy) is 2. The highest BCUT2D eigenvalue weighted by Crippen LogP contribution is 2.27. The van der Waals surface area contributed by atoms with E-state index in [1.54, 1.807) is 44.4 Å². The number of nitrogens with one attached hydrogen (secondary N) is 1. The van der Waals surface area contributed by atoms with E-state index in [1.807, 2.05) is 12.1 Å². The number of rotatable bonds is 12. The number of hydrogen-bond donors (Lipinski definition) is 1. The molecule has 0 aliphatic carbocycles. The third-order valence-electron chi connectivity index (χ3n) is 4.78. The Morgan fingerprint density at radius 1 is 1.03 bits per heavy atom. The van der Waals surface area contributed by atoms with Crippen LogP contribution < -0.4 is 14.8 Å². The van der Waals surface area contributed by atoms with Gasteiger partial charge in [0, 0.05) is 19.7 Å². The second-order valence-electron chi connectivity index (χ2n) is 7.04. The van der Waals surface area contributed by atoms with Crippen molar-refractivity contribution in [3.8, 4) is 11.5 Å². The number of carbonyl (C=O) groups excluding carboxylic acids is 1. The first kappa shape index (κ1) is 23.4. The highest BCUT2D eigenvalue weighted by atomic mass is 19.1. The van der Waals surface area contributed by atoms with Gasteiger partial charge in [-0.25, -0.2) is 4.39 Å². The van der Waals surface area contributed by atoms with Crippen LogP contribution in [0.5, 0.6) is 11.5 Å². The van der Waals surface area contributed by atoms with Crippen LogP contribution in [0, 0.1) is 5.82 Å². The number of carbonyl (C=O) groups is 1. The molecule has 2 aromatic carbocycles. The first-order valence-electron chi connectivity index (χ1n) is 10.1. The molecular formula is C24H31FN2O3. The van der Waals surface area contributed by atoms with Gasteiger partial charge in [-0.2, -0.15) is 0 Å². The quantitative estimate of drug-likeness (QED) is 0.422. The lowest BCUT2D eigenvalue weighted by Crippen LogP contribution is -2.28. The summed E-state index contributed by atoms with van der Waals surface area (Å²) in [4.78, 5) is 13.8. The minimum atomic E-state index is -0.285. The van der Waals surface area contributed by atoms with Crippen molar-refractivity contribution in [2.75, 3.05) is 40.9 Å². The molecule has 2 aromatic rings. The Morgan fingerprint density at radius 2 is 1.73 bits per heavy atom. The van der Waals surface area contributed by atoms with Gasteiger partial charge in [0.15, 0.2) is 11.5 Å². The van der Waals surface area contributed by atoms with Crippen LogP contribution >= 0.6 is 0 Å². The van der Waals surface area contributed by atoms with Crippen molar-refractivity contribution in [2.45, 2.75) is 19.3 Å². The molecule has 2 rings (SSSR count). The number of nitrogens with zero attached hydrogens (tertiary/aromatic N) is 1. The molecule has 5 nitrogen and oxygen atoms in total. The van der Waals surface area contributed by atoms with Crippen LogP contribution in [0.1, 0.15) is 24.0 Å². The normalized spacial score (nSPS) is 10.9. The van der Waals surface area contributed by atoms with Crippen molar-refractivity contribution < 1.29 is 18.7 Å². The van der Waals surface area contributed by atoms with Gasteiger partial charge in [-0.3, -0.25) is 4.79 Å². The summed E-state index contributed by atoms with van der Waals surface area (Å²) in [6, 6.07) is 12.0. The van der Waals surface area contributed by atoms with Crippen LogP contribution in [0.3, 0.4) is 0 Å². The Balaban J connectivity index is 1.59. The van der Waals surface area contributed by atoms with Crippen LogP contribution in [0.15, 0.2) is 48.5 Å². The standard InChI is InChI=1S/C24H31FN2O3/c1-27(24(28)14-10-19-7-11-21(25)12-8-19)17-5-16-26-15-4-6-20-9-13-22(29-2)23(18-20)30-3/h7-14,18,26H,4-6,15-17H2,1-3H3/b14-10+. The van der Waals surface area contributed by atoms with Gasteiger partial charge in [-0.05, 0) is 73.8 Å². The summed E-state index contributed by atoms with van der Waals surface area (Å²) in [5.74, 6) is 1.15. The maximum Gasteiger partial charge on any atom is 0.246 e. The first-order valence-corrected chi connectivity index (χ1v) is 10.1. The van der Waals surface area contributed by atoms with E-state index in [2.05, 4.69) is 11.4 Å². The molecule has 162 valence electrons. The van der Waals surface area contributed by atoms with Crippen molar-refractivity contribution in [1.29, 1.82) is 0 Å². The first-order chi connectivity index (χ1) is 14.5. The van der Waals surface area contributed by atoms with Crippen LogP contribution in [0.2, 0.25) is 0 Å². The molecule has 1 N–H and O–H groups in total. The van der Waals surface area contributed by atoms with Crippen LogP contribution in [-0.4, -0.2) is 51.7 Å².